The van der Waals surface area contributed by atoms with Gasteiger partial charge in [0.05, 0.1) is 13.2 Å². The maximum absolute atomic E-state index is 13.5. The summed E-state index contributed by atoms with van der Waals surface area (Å²) in [6.07, 6.45) is 4.37. The van der Waals surface area contributed by atoms with Crippen LogP contribution in [0.25, 0.3) is 11.1 Å². The standard InChI is InChI=1S/C24H27N3O3.C16H18BrN3O3.C8H11BO2/c1-15-5-6-16(2)18(11-15)17-7-8-20-19(12-17)24(21(28)27(3)22(25)26-24)13-23(30-20)9-4-10-29-14-23;1-20-13(21)16(19-14(20)18)8-15(5-2-6-22-9-15)23-12-4-3-10(17)7-11(12)16;1-6-3-4-7(2)8(5-6)9(10)11/h5-8,11-12H,4,9-10,13-14H2,1-3H3,(H2,25,26);3-4,7H,2,5-6,8-9H2,1H3,(H2,18,19);3-5,10-11H,1-2H3. The Bertz CT molecular complexity index is 2560. The van der Waals surface area contributed by atoms with Crippen LogP contribution in [0.3, 0.4) is 0 Å². The van der Waals surface area contributed by atoms with Crippen molar-refractivity contribution in [1.82, 2.24) is 9.80 Å². The molecule has 10 rings (SSSR count). The molecule has 6 heterocycles. The summed E-state index contributed by atoms with van der Waals surface area (Å²) in [7, 11) is 1.99. The number of amides is 2. The molecular formula is C48H56BBrN6O8. The number of nitrogens with zero attached hydrogens (tertiary/aromatic N) is 4. The molecule has 4 spiro atoms. The van der Waals surface area contributed by atoms with Crippen LogP contribution in [-0.4, -0.2) is 102 Å². The van der Waals surface area contributed by atoms with Gasteiger partial charge < -0.3 is 40.5 Å². The van der Waals surface area contributed by atoms with E-state index in [4.69, 9.17) is 45.5 Å². The number of likely N-dealkylation sites (N-methyl/N-ethyl adjacent to an activating group) is 2. The number of carbonyl (C=O) groups is 2. The van der Waals surface area contributed by atoms with Crippen molar-refractivity contribution in [2.24, 2.45) is 21.5 Å². The Labute approximate surface area is 382 Å². The first-order valence-electron chi connectivity index (χ1n) is 21.7. The van der Waals surface area contributed by atoms with Gasteiger partial charge in [0, 0.05) is 55.8 Å². The van der Waals surface area contributed by atoms with Gasteiger partial charge in [-0.3, -0.25) is 19.4 Å². The van der Waals surface area contributed by atoms with Crippen LogP contribution in [0.5, 0.6) is 11.5 Å². The smallest absolute Gasteiger partial charge is 0.484 e. The quantitative estimate of drug-likeness (QED) is 0.198. The minimum Gasteiger partial charge on any atom is -0.484 e. The fourth-order valence-corrected chi connectivity index (χ4v) is 10.2. The number of aryl methyl sites for hydroxylation is 4. The number of hydrogen-bond donors (Lipinski definition) is 4. The zero-order valence-electron chi connectivity index (χ0n) is 37.2. The highest BCUT2D eigenvalue weighted by Gasteiger charge is 2.60. The highest BCUT2D eigenvalue weighted by atomic mass is 79.9. The lowest BCUT2D eigenvalue weighted by Gasteiger charge is -2.46. The average Bonchev–Trinajstić information content (AvgIpc) is 3.61. The van der Waals surface area contributed by atoms with Gasteiger partial charge in [0.2, 0.25) is 0 Å². The van der Waals surface area contributed by atoms with Gasteiger partial charge in [-0.15, -0.1) is 0 Å². The van der Waals surface area contributed by atoms with Crippen molar-refractivity contribution in [3.05, 3.63) is 111 Å². The molecule has 6 aliphatic heterocycles. The van der Waals surface area contributed by atoms with Crippen molar-refractivity contribution in [1.29, 1.82) is 0 Å². The Morgan fingerprint density at radius 1 is 0.672 bits per heavy atom. The summed E-state index contributed by atoms with van der Waals surface area (Å²) in [5.74, 6) is 1.66. The number of rotatable bonds is 2. The van der Waals surface area contributed by atoms with Crippen molar-refractivity contribution in [2.45, 2.75) is 88.5 Å². The molecule has 2 amide bonds. The van der Waals surface area contributed by atoms with Gasteiger partial charge >= 0.3 is 7.12 Å². The van der Waals surface area contributed by atoms with E-state index in [1.165, 1.54) is 20.9 Å². The fourth-order valence-electron chi connectivity index (χ4n) is 9.84. The molecule has 14 nitrogen and oxygen atoms in total. The number of ether oxygens (including phenoxy) is 4. The van der Waals surface area contributed by atoms with E-state index in [1.54, 1.807) is 20.2 Å². The van der Waals surface area contributed by atoms with E-state index in [1.807, 2.05) is 50.2 Å². The summed E-state index contributed by atoms with van der Waals surface area (Å²) in [6.45, 7) is 10.3. The van der Waals surface area contributed by atoms with Gasteiger partial charge in [0.25, 0.3) is 11.8 Å². The summed E-state index contributed by atoms with van der Waals surface area (Å²) in [5, 5.41) is 17.8. The van der Waals surface area contributed by atoms with Gasteiger partial charge in [-0.1, -0.05) is 75.1 Å². The van der Waals surface area contributed by atoms with E-state index in [-0.39, 0.29) is 23.7 Å². The zero-order valence-corrected chi connectivity index (χ0v) is 38.8. The van der Waals surface area contributed by atoms with Crippen molar-refractivity contribution < 1.29 is 38.6 Å². The van der Waals surface area contributed by atoms with E-state index in [2.05, 4.69) is 65.1 Å². The van der Waals surface area contributed by atoms with Gasteiger partial charge in [-0.2, -0.15) is 0 Å². The molecule has 4 unspecified atom stereocenters. The van der Waals surface area contributed by atoms with Gasteiger partial charge in [-0.25, -0.2) is 9.98 Å². The van der Waals surface area contributed by atoms with Crippen LogP contribution in [0.1, 0.15) is 71.9 Å². The minimum atomic E-state index is -1.35. The van der Waals surface area contributed by atoms with Gasteiger partial charge in [-0.05, 0) is 106 Å². The molecule has 16 heteroatoms. The van der Waals surface area contributed by atoms with E-state index in [9.17, 15) is 9.59 Å². The molecule has 0 aromatic heterocycles. The average molecular weight is 936 g/mol. The molecule has 4 atom stereocenters. The Hall–Kier alpha value is -5.26. The highest BCUT2D eigenvalue weighted by Crippen LogP contribution is 2.53. The second kappa shape index (κ2) is 17.3. The number of carbonyl (C=O) groups excluding carboxylic acids is 2. The topological polar surface area (TPSA) is 195 Å². The molecule has 6 N–H and O–H groups in total. The summed E-state index contributed by atoms with van der Waals surface area (Å²) < 4.78 is 25.1. The third-order valence-electron chi connectivity index (χ3n) is 13.2. The van der Waals surface area contributed by atoms with Crippen LogP contribution < -0.4 is 26.4 Å². The number of hydrogen-bond acceptors (Lipinski definition) is 12. The number of aliphatic imine (C=N–C) groups is 2. The lowest BCUT2D eigenvalue weighted by Crippen LogP contribution is -2.55. The summed E-state index contributed by atoms with van der Waals surface area (Å²) in [5.41, 5.74) is 17.6. The fraction of sp³-hybridized carbons (Fsp3) is 0.417. The van der Waals surface area contributed by atoms with Crippen molar-refractivity contribution in [3.63, 3.8) is 0 Å². The Morgan fingerprint density at radius 2 is 1.17 bits per heavy atom. The van der Waals surface area contributed by atoms with E-state index in [0.717, 1.165) is 76.8 Å². The number of nitrogens with two attached hydrogens (primary N) is 2. The molecule has 0 aliphatic carbocycles. The van der Waals surface area contributed by atoms with Gasteiger partial charge in [0.1, 0.15) is 22.7 Å². The molecule has 336 valence electrons. The molecular weight excluding hydrogens is 879 g/mol. The first-order chi connectivity index (χ1) is 30.4. The maximum atomic E-state index is 13.5. The first-order valence-corrected chi connectivity index (χ1v) is 22.5. The normalized spacial score (nSPS) is 26.6. The van der Waals surface area contributed by atoms with Crippen molar-refractivity contribution >= 4 is 52.2 Å². The molecule has 6 aliphatic rings. The molecule has 64 heavy (non-hydrogen) atoms. The summed E-state index contributed by atoms with van der Waals surface area (Å²) in [6, 6.07) is 23.8. The molecule has 2 fully saturated rings. The zero-order chi connectivity index (χ0) is 45.8. The van der Waals surface area contributed by atoms with Crippen LogP contribution in [0.15, 0.2) is 87.3 Å². The second-order valence-corrected chi connectivity index (χ2v) is 18.9. The van der Waals surface area contributed by atoms with E-state index in [0.29, 0.717) is 43.0 Å². The molecule has 0 radical (unpaired) electrons. The Morgan fingerprint density at radius 3 is 1.64 bits per heavy atom. The van der Waals surface area contributed by atoms with E-state index < -0.39 is 29.4 Å². The van der Waals surface area contributed by atoms with Crippen LogP contribution in [-0.2, 0) is 30.1 Å². The largest absolute Gasteiger partial charge is 0.488 e. The molecule has 4 aromatic carbocycles. The minimum absolute atomic E-state index is 0.104. The SMILES string of the molecule is CN1C(=O)C2(CC3(CCCOC3)Oc3ccc(Br)cc32)N=C1N.Cc1ccc(C)c(-c2ccc3c(c2)C2(CC4(CCCOC4)O3)N=C(N)N(C)C2=O)c1.Cc1ccc(C)c(B(O)O)c1. The Balaban J connectivity index is 0.000000145. The monoisotopic (exact) mass is 934 g/mol. The van der Waals surface area contributed by atoms with Crippen LogP contribution >= 0.6 is 15.9 Å². The number of benzene rings is 4. The lowest BCUT2D eigenvalue weighted by atomic mass is 9.73. The Kier molecular flexibility index (Phi) is 12.2. The summed E-state index contributed by atoms with van der Waals surface area (Å²) in [4.78, 5) is 38.7. The van der Waals surface area contributed by atoms with Crippen LogP contribution in [0, 0.1) is 27.7 Å². The maximum Gasteiger partial charge on any atom is 0.488 e. The van der Waals surface area contributed by atoms with Gasteiger partial charge in [0.15, 0.2) is 23.0 Å². The lowest BCUT2D eigenvalue weighted by molar-refractivity contribution is -0.139. The van der Waals surface area contributed by atoms with Crippen molar-refractivity contribution in [3.8, 4) is 22.6 Å². The van der Waals surface area contributed by atoms with E-state index >= 15 is 0 Å². The summed E-state index contributed by atoms with van der Waals surface area (Å²) >= 11 is 3.47. The predicted molar refractivity (Wildman–Crippen MR) is 249 cm³/mol. The highest BCUT2D eigenvalue weighted by molar-refractivity contribution is 9.10. The number of guanidine groups is 2. The molecule has 4 aromatic rings. The number of fused-ring (bicyclic) bond motifs is 4. The predicted octanol–water partition coefficient (Wildman–Crippen LogP) is 5.03. The third-order valence-corrected chi connectivity index (χ3v) is 13.7. The number of halogens is 1. The second-order valence-electron chi connectivity index (χ2n) is 18.0. The first kappa shape index (κ1) is 45.3. The van der Waals surface area contributed by atoms with Crippen LogP contribution in [0.2, 0.25) is 0 Å². The third kappa shape index (κ3) is 8.19. The molecule has 0 saturated carbocycles. The van der Waals surface area contributed by atoms with Crippen LogP contribution in [0.4, 0.5) is 0 Å². The van der Waals surface area contributed by atoms with Crippen molar-refractivity contribution in [2.75, 3.05) is 40.5 Å². The molecule has 0 bridgehead atoms. The molecule has 2 saturated heterocycles.